The fourth-order valence-electron chi connectivity index (χ4n) is 5.51. The monoisotopic (exact) mass is 541 g/mol. The summed E-state index contributed by atoms with van der Waals surface area (Å²) in [6.45, 7) is 0.313. The molecule has 2 aliphatic heterocycles. The Morgan fingerprint density at radius 3 is 2.76 bits per heavy atom. The van der Waals surface area contributed by atoms with Crippen LogP contribution in [0.15, 0.2) is 35.1 Å². The van der Waals surface area contributed by atoms with Crippen LogP contribution in [-0.2, 0) is 15.1 Å². The molecule has 12 heteroatoms. The Kier molecular flexibility index (Phi) is 5.90. The van der Waals surface area contributed by atoms with Crippen molar-refractivity contribution in [3.63, 3.8) is 0 Å². The Balaban J connectivity index is 1.26. The SMILES string of the molecule is O=C1Nc2ccc(Cl)c(F)c2[C@@]2(CCCN(C(=O)[C@H](CC3CC3)NC(=O)c3ccc4[nH]c(=O)[nH]c4c3)C2)O1. The summed E-state index contributed by atoms with van der Waals surface area (Å²) < 4.78 is 20.9. The van der Waals surface area contributed by atoms with Crippen molar-refractivity contribution in [1.29, 1.82) is 0 Å². The van der Waals surface area contributed by atoms with Crippen LogP contribution in [0.1, 0.15) is 48.0 Å². The van der Waals surface area contributed by atoms with Gasteiger partial charge in [0, 0.05) is 12.1 Å². The van der Waals surface area contributed by atoms with Gasteiger partial charge in [0.2, 0.25) is 5.91 Å². The molecule has 2 fully saturated rings. The van der Waals surface area contributed by atoms with Gasteiger partial charge in [-0.3, -0.25) is 14.9 Å². The second kappa shape index (κ2) is 9.16. The first-order valence-corrected chi connectivity index (χ1v) is 12.9. The summed E-state index contributed by atoms with van der Waals surface area (Å²) in [7, 11) is 0. The maximum Gasteiger partial charge on any atom is 0.412 e. The number of ether oxygens (including phenoxy) is 1. The zero-order chi connectivity index (χ0) is 26.6. The van der Waals surface area contributed by atoms with E-state index in [0.29, 0.717) is 48.3 Å². The fourth-order valence-corrected chi connectivity index (χ4v) is 5.66. The highest BCUT2D eigenvalue weighted by molar-refractivity contribution is 6.31. The summed E-state index contributed by atoms with van der Waals surface area (Å²) in [6, 6.07) is 6.82. The molecule has 1 aromatic heterocycles. The molecule has 3 aromatic rings. The smallest absolute Gasteiger partial charge is 0.412 e. The number of piperidine rings is 1. The summed E-state index contributed by atoms with van der Waals surface area (Å²) >= 11 is 6.06. The second-order valence-electron chi connectivity index (χ2n) is 10.2. The molecule has 10 nitrogen and oxygen atoms in total. The first-order valence-electron chi connectivity index (χ1n) is 12.5. The third kappa shape index (κ3) is 4.40. The number of nitrogens with zero attached hydrogens (tertiary/aromatic N) is 1. The molecule has 0 bridgehead atoms. The zero-order valence-electron chi connectivity index (χ0n) is 20.2. The predicted octanol–water partition coefficient (Wildman–Crippen LogP) is 3.63. The van der Waals surface area contributed by atoms with Crippen molar-refractivity contribution in [2.75, 3.05) is 18.4 Å². The second-order valence-corrected chi connectivity index (χ2v) is 10.6. The average molecular weight is 542 g/mol. The lowest BCUT2D eigenvalue weighted by molar-refractivity contribution is -0.141. The van der Waals surface area contributed by atoms with E-state index in [1.807, 2.05) is 0 Å². The maximum atomic E-state index is 15.2. The first kappa shape index (κ1) is 24.5. The standard InChI is InChI=1S/C26H25ClFN5O5/c27-15-5-7-17-20(21(15)28)26(38-25(37)32-17)8-1-9-33(12-26)23(35)19(10-13-2-3-13)29-22(34)14-4-6-16-18(11-14)31-24(36)30-16/h4-7,11,13,19H,1-3,8-10,12H2,(H,29,34)(H,32,37)(H2,30,31,36)/t19-,26-/m0/s1. The van der Waals surface area contributed by atoms with Crippen LogP contribution in [0.4, 0.5) is 14.9 Å². The molecule has 198 valence electrons. The minimum atomic E-state index is -1.39. The Labute approximate surface area is 220 Å². The molecule has 0 unspecified atom stereocenters. The van der Waals surface area contributed by atoms with Gasteiger partial charge in [-0.15, -0.1) is 0 Å². The third-order valence-electron chi connectivity index (χ3n) is 7.49. The number of aromatic amines is 2. The number of halogens is 2. The number of carbonyl (C=O) groups is 3. The van der Waals surface area contributed by atoms with E-state index >= 15 is 4.39 Å². The molecule has 3 aliphatic rings. The zero-order valence-corrected chi connectivity index (χ0v) is 21.0. The molecule has 6 rings (SSSR count). The molecule has 2 atom stereocenters. The van der Waals surface area contributed by atoms with Gasteiger partial charge in [-0.1, -0.05) is 24.4 Å². The number of fused-ring (bicyclic) bond motifs is 3. The van der Waals surface area contributed by atoms with Gasteiger partial charge in [0.25, 0.3) is 5.91 Å². The summed E-state index contributed by atoms with van der Waals surface area (Å²) in [4.78, 5) is 57.7. The highest BCUT2D eigenvalue weighted by Crippen LogP contribution is 2.45. The van der Waals surface area contributed by atoms with E-state index in [4.69, 9.17) is 16.3 Å². The van der Waals surface area contributed by atoms with E-state index in [2.05, 4.69) is 20.6 Å². The molecule has 0 radical (unpaired) electrons. The quantitative estimate of drug-likeness (QED) is 0.391. The first-order chi connectivity index (χ1) is 18.2. The Morgan fingerprint density at radius 2 is 1.97 bits per heavy atom. The van der Waals surface area contributed by atoms with E-state index in [9.17, 15) is 19.2 Å². The van der Waals surface area contributed by atoms with Crippen LogP contribution in [0.5, 0.6) is 0 Å². The predicted molar refractivity (Wildman–Crippen MR) is 137 cm³/mol. The van der Waals surface area contributed by atoms with Gasteiger partial charge in [0.15, 0.2) is 11.4 Å². The summed E-state index contributed by atoms with van der Waals surface area (Å²) in [5.41, 5.74) is -0.0274. The molecule has 2 aromatic carbocycles. The van der Waals surface area contributed by atoms with Crippen LogP contribution in [0.2, 0.25) is 5.02 Å². The van der Waals surface area contributed by atoms with Crippen molar-refractivity contribution < 1.29 is 23.5 Å². The molecule has 1 aliphatic carbocycles. The highest BCUT2D eigenvalue weighted by atomic mass is 35.5. The molecule has 1 spiro atoms. The Morgan fingerprint density at radius 1 is 1.18 bits per heavy atom. The van der Waals surface area contributed by atoms with E-state index in [-0.39, 0.29) is 34.4 Å². The average Bonchev–Trinajstić information content (AvgIpc) is 3.62. The summed E-state index contributed by atoms with van der Waals surface area (Å²) in [5, 5.41) is 5.27. The Hall–Kier alpha value is -3.86. The maximum absolute atomic E-state index is 15.2. The number of likely N-dealkylation sites (tertiary alicyclic amines) is 1. The van der Waals surface area contributed by atoms with Crippen LogP contribution < -0.4 is 16.3 Å². The van der Waals surface area contributed by atoms with Crippen LogP contribution in [-0.4, -0.2) is 51.9 Å². The van der Waals surface area contributed by atoms with Crippen molar-refractivity contribution in [2.24, 2.45) is 5.92 Å². The lowest BCUT2D eigenvalue weighted by Crippen LogP contribution is -2.57. The number of rotatable bonds is 5. The molecule has 3 amide bonds. The fraction of sp³-hybridized carbons (Fsp3) is 0.385. The van der Waals surface area contributed by atoms with Gasteiger partial charge in [-0.05, 0) is 55.5 Å². The number of aromatic nitrogens is 2. The number of hydrogen-bond acceptors (Lipinski definition) is 5. The van der Waals surface area contributed by atoms with Crippen LogP contribution >= 0.6 is 11.6 Å². The lowest BCUT2D eigenvalue weighted by Gasteiger charge is -2.45. The van der Waals surface area contributed by atoms with Gasteiger partial charge in [-0.25, -0.2) is 14.0 Å². The highest BCUT2D eigenvalue weighted by Gasteiger charge is 2.49. The van der Waals surface area contributed by atoms with Crippen molar-refractivity contribution in [2.45, 2.75) is 43.7 Å². The summed E-state index contributed by atoms with van der Waals surface area (Å²) in [5.74, 6) is -1.14. The number of amides is 3. The van der Waals surface area contributed by atoms with Crippen LogP contribution in [0.25, 0.3) is 11.0 Å². The number of H-pyrrole nitrogens is 2. The third-order valence-corrected chi connectivity index (χ3v) is 7.78. The van der Waals surface area contributed by atoms with E-state index < -0.39 is 29.5 Å². The molecule has 1 saturated carbocycles. The van der Waals surface area contributed by atoms with E-state index in [1.165, 1.54) is 17.0 Å². The number of hydrogen-bond donors (Lipinski definition) is 4. The molecule has 38 heavy (non-hydrogen) atoms. The van der Waals surface area contributed by atoms with Gasteiger partial charge < -0.3 is 24.9 Å². The van der Waals surface area contributed by atoms with Crippen molar-refractivity contribution in [3.8, 4) is 0 Å². The Bertz CT molecular complexity index is 1530. The topological polar surface area (TPSA) is 136 Å². The minimum absolute atomic E-state index is 0.0584. The number of carbonyl (C=O) groups excluding carboxylic acids is 3. The van der Waals surface area contributed by atoms with Gasteiger partial charge in [0.05, 0.1) is 33.9 Å². The van der Waals surface area contributed by atoms with Gasteiger partial charge >= 0.3 is 11.8 Å². The van der Waals surface area contributed by atoms with E-state index in [1.54, 1.807) is 18.2 Å². The summed E-state index contributed by atoms with van der Waals surface area (Å²) in [6.07, 6.45) is 2.47. The normalized spacial score (nSPS) is 21.5. The van der Waals surface area contributed by atoms with Crippen molar-refractivity contribution >= 4 is 46.2 Å². The van der Waals surface area contributed by atoms with Gasteiger partial charge in [-0.2, -0.15) is 0 Å². The number of imidazole rings is 1. The van der Waals surface area contributed by atoms with Crippen molar-refractivity contribution in [3.05, 3.63) is 62.8 Å². The minimum Gasteiger partial charge on any atom is -0.436 e. The van der Waals surface area contributed by atoms with Crippen LogP contribution in [0.3, 0.4) is 0 Å². The molecule has 4 N–H and O–H groups in total. The number of benzene rings is 2. The largest absolute Gasteiger partial charge is 0.436 e. The molecular weight excluding hydrogens is 517 g/mol. The van der Waals surface area contributed by atoms with Crippen molar-refractivity contribution in [1.82, 2.24) is 20.2 Å². The molecule has 1 saturated heterocycles. The van der Waals surface area contributed by atoms with E-state index in [0.717, 1.165) is 12.8 Å². The lowest BCUT2D eigenvalue weighted by atomic mass is 9.82. The number of nitrogens with one attached hydrogen (secondary N) is 4. The number of anilines is 1. The molecular formula is C26H25ClFN5O5. The van der Waals surface area contributed by atoms with Crippen LogP contribution in [0, 0.1) is 11.7 Å². The molecule has 3 heterocycles. The van der Waals surface area contributed by atoms with Gasteiger partial charge in [0.1, 0.15) is 6.04 Å².